The molecule has 2 aliphatic heterocycles. The van der Waals surface area contributed by atoms with Crippen LogP contribution in [0.4, 0.5) is 17.2 Å². The first-order valence-corrected chi connectivity index (χ1v) is 20.0. The third-order valence-electron chi connectivity index (χ3n) is 11.9. The predicted octanol–water partition coefficient (Wildman–Crippen LogP) is 13.7. The van der Waals surface area contributed by atoms with E-state index >= 15 is 0 Å². The van der Waals surface area contributed by atoms with Crippen LogP contribution in [0.1, 0.15) is 48.9 Å². The van der Waals surface area contributed by atoms with Crippen LogP contribution in [0.5, 0.6) is 11.5 Å². The predicted molar refractivity (Wildman–Crippen MR) is 243 cm³/mol. The van der Waals surface area contributed by atoms with Gasteiger partial charge in [0.1, 0.15) is 28.8 Å². The lowest BCUT2D eigenvalue weighted by atomic mass is 9.82. The number of ether oxygens (including phenoxy) is 2. The summed E-state index contributed by atoms with van der Waals surface area (Å²) in [6.45, 7) is 22.8. The summed E-state index contributed by atoms with van der Waals surface area (Å²) in [6.07, 6.45) is 14.2. The number of aromatic nitrogens is 1. The van der Waals surface area contributed by atoms with E-state index in [9.17, 15) is 0 Å². The molecule has 0 unspecified atom stereocenters. The summed E-state index contributed by atoms with van der Waals surface area (Å²) < 4.78 is 13.4. The van der Waals surface area contributed by atoms with Crippen molar-refractivity contribution in [3.63, 3.8) is 0 Å². The van der Waals surface area contributed by atoms with E-state index in [1.807, 2.05) is 48.6 Å². The van der Waals surface area contributed by atoms with E-state index in [1.54, 1.807) is 6.20 Å². The Morgan fingerprint density at radius 2 is 1.24 bits per heavy atom. The highest BCUT2D eigenvalue weighted by molar-refractivity contribution is 6.11. The van der Waals surface area contributed by atoms with Crippen molar-refractivity contribution in [1.82, 2.24) is 4.98 Å². The van der Waals surface area contributed by atoms with Gasteiger partial charge in [-0.15, -0.1) is 0 Å². The molecule has 0 saturated carbocycles. The van der Waals surface area contributed by atoms with Crippen LogP contribution in [0.2, 0.25) is 0 Å². The van der Waals surface area contributed by atoms with Crippen molar-refractivity contribution >= 4 is 39.1 Å². The molecule has 2 aliphatic carbocycles. The third-order valence-corrected chi connectivity index (χ3v) is 11.9. The fraction of sp³-hybridized carbons (Fsp3) is 0.0926. The van der Waals surface area contributed by atoms with Crippen molar-refractivity contribution in [2.75, 3.05) is 9.80 Å². The number of hydrogen-bond acceptors (Lipinski definition) is 5. The molecule has 5 heteroatoms. The van der Waals surface area contributed by atoms with E-state index in [0.29, 0.717) is 11.5 Å². The minimum absolute atomic E-state index is 0.141. The largest absolute Gasteiger partial charge is 0.456 e. The Morgan fingerprint density at radius 3 is 1.88 bits per heavy atom. The molecule has 10 rings (SSSR count). The molecule has 3 heterocycles. The Morgan fingerprint density at radius 1 is 0.627 bits per heavy atom. The molecule has 286 valence electrons. The fourth-order valence-electron chi connectivity index (χ4n) is 8.98. The maximum atomic E-state index is 6.74. The van der Waals surface area contributed by atoms with Crippen molar-refractivity contribution in [3.8, 4) is 22.6 Å². The smallest absolute Gasteiger partial charge is 0.137 e. The van der Waals surface area contributed by atoms with Gasteiger partial charge in [-0.05, 0) is 113 Å². The van der Waals surface area contributed by atoms with Crippen LogP contribution in [0.3, 0.4) is 0 Å². The van der Waals surface area contributed by atoms with Crippen LogP contribution in [0.25, 0.3) is 33.0 Å². The van der Waals surface area contributed by atoms with Gasteiger partial charge in [-0.2, -0.15) is 0 Å². The summed E-state index contributed by atoms with van der Waals surface area (Å²) in [5, 5.41) is 1.89. The molecule has 0 saturated heterocycles. The molecule has 5 nitrogen and oxygen atoms in total. The Hall–Kier alpha value is -7.37. The molecule has 5 aromatic carbocycles. The zero-order chi connectivity index (χ0) is 40.4. The van der Waals surface area contributed by atoms with Gasteiger partial charge in [-0.3, -0.25) is 4.90 Å². The normalized spacial score (nSPS) is 16.9. The van der Waals surface area contributed by atoms with Gasteiger partial charge in [0.05, 0.1) is 0 Å². The molecule has 0 spiro atoms. The molecule has 0 radical (unpaired) electrons. The average molecular weight is 766 g/mol. The summed E-state index contributed by atoms with van der Waals surface area (Å²) in [6, 6.07) is 39.9. The van der Waals surface area contributed by atoms with Gasteiger partial charge in [-0.25, -0.2) is 4.98 Å². The molecule has 0 atom stereocenters. The van der Waals surface area contributed by atoms with Gasteiger partial charge in [0, 0.05) is 74.1 Å². The molecule has 6 aromatic rings. The lowest BCUT2D eigenvalue weighted by Gasteiger charge is -2.31. The first-order chi connectivity index (χ1) is 28.7. The summed E-state index contributed by atoms with van der Waals surface area (Å²) in [4.78, 5) is 8.89. The minimum Gasteiger partial charge on any atom is -0.456 e. The van der Waals surface area contributed by atoms with E-state index < -0.39 is 0 Å². The highest BCUT2D eigenvalue weighted by Crippen LogP contribution is 2.52. The zero-order valence-corrected chi connectivity index (χ0v) is 33.3. The van der Waals surface area contributed by atoms with Crippen LogP contribution in [-0.4, -0.2) is 4.98 Å². The molecule has 0 N–H and O–H groups in total. The van der Waals surface area contributed by atoms with Crippen molar-refractivity contribution in [2.45, 2.75) is 32.1 Å². The SMILES string of the molecule is C=C1/C(=C\C(=C)N(C2=CCCC=C2)c2ccccn2)Oc2ccc3c4c(ccc1c24)O/C(=C/C(=C)N(c1ccccc1)c1ccc2c(c1)C(C)(C)c1ccccc1-2)C3=C. The number of allylic oxidation sites excluding steroid dienone is 7. The molecule has 4 aliphatic rings. The number of hydrogen-bond donors (Lipinski definition) is 0. The van der Waals surface area contributed by atoms with Crippen LogP contribution < -0.4 is 19.3 Å². The summed E-state index contributed by atoms with van der Waals surface area (Å²) in [7, 11) is 0. The third kappa shape index (κ3) is 5.89. The molecular formula is C54H43N3O2. The number of para-hydroxylation sites is 1. The van der Waals surface area contributed by atoms with E-state index in [4.69, 9.17) is 9.47 Å². The summed E-state index contributed by atoms with van der Waals surface area (Å²) >= 11 is 0. The lowest BCUT2D eigenvalue weighted by Crippen LogP contribution is -2.22. The molecule has 0 fully saturated rings. The molecule has 0 amide bonds. The van der Waals surface area contributed by atoms with E-state index in [0.717, 1.165) is 91.7 Å². The van der Waals surface area contributed by atoms with Crippen LogP contribution in [0.15, 0.2) is 207 Å². The number of pyridine rings is 1. The van der Waals surface area contributed by atoms with Crippen LogP contribution >= 0.6 is 0 Å². The summed E-state index contributed by atoms with van der Waals surface area (Å²) in [5.41, 5.74) is 13.0. The van der Waals surface area contributed by atoms with E-state index in [2.05, 4.69) is 152 Å². The van der Waals surface area contributed by atoms with Crippen LogP contribution in [0, 0.1) is 0 Å². The minimum atomic E-state index is -0.141. The topological polar surface area (TPSA) is 37.8 Å². The van der Waals surface area contributed by atoms with Crippen LogP contribution in [-0.2, 0) is 5.41 Å². The van der Waals surface area contributed by atoms with Crippen molar-refractivity contribution in [3.05, 3.63) is 229 Å². The van der Waals surface area contributed by atoms with Crippen molar-refractivity contribution in [2.24, 2.45) is 0 Å². The van der Waals surface area contributed by atoms with Gasteiger partial charge >= 0.3 is 0 Å². The second-order valence-corrected chi connectivity index (χ2v) is 15.8. The van der Waals surface area contributed by atoms with E-state index in [1.165, 1.54) is 22.3 Å². The Balaban J connectivity index is 0.982. The average Bonchev–Trinajstić information content (AvgIpc) is 3.49. The van der Waals surface area contributed by atoms with Crippen molar-refractivity contribution in [1.29, 1.82) is 0 Å². The molecule has 59 heavy (non-hydrogen) atoms. The quantitative estimate of drug-likeness (QED) is 0.154. The van der Waals surface area contributed by atoms with Gasteiger partial charge in [-0.1, -0.05) is 107 Å². The van der Waals surface area contributed by atoms with Gasteiger partial charge < -0.3 is 14.4 Å². The molecule has 1 aromatic heterocycles. The highest BCUT2D eigenvalue weighted by Gasteiger charge is 2.36. The molecular weight excluding hydrogens is 723 g/mol. The molecule has 0 bridgehead atoms. The van der Waals surface area contributed by atoms with Gasteiger partial charge in [0.2, 0.25) is 0 Å². The lowest BCUT2D eigenvalue weighted by molar-refractivity contribution is 0.442. The summed E-state index contributed by atoms with van der Waals surface area (Å²) in [5.74, 6) is 3.48. The fourth-order valence-corrected chi connectivity index (χ4v) is 8.98. The first-order valence-electron chi connectivity index (χ1n) is 20.0. The Labute approximate surface area is 345 Å². The monoisotopic (exact) mass is 765 g/mol. The highest BCUT2D eigenvalue weighted by atomic mass is 16.5. The maximum absolute atomic E-state index is 6.74. The van der Waals surface area contributed by atoms with Gasteiger partial charge in [0.15, 0.2) is 0 Å². The number of nitrogens with zero attached hydrogens (tertiary/aromatic N) is 3. The van der Waals surface area contributed by atoms with Gasteiger partial charge in [0.25, 0.3) is 0 Å². The number of fused-ring (bicyclic) bond motifs is 3. The Kier molecular flexibility index (Phi) is 8.50. The second-order valence-electron chi connectivity index (χ2n) is 15.8. The zero-order valence-electron chi connectivity index (χ0n) is 33.3. The second kappa shape index (κ2) is 13.9. The van der Waals surface area contributed by atoms with E-state index in [-0.39, 0.29) is 5.41 Å². The number of rotatable bonds is 8. The maximum Gasteiger partial charge on any atom is 0.137 e. The standard InChI is InChI=1S/C54H43N3O2/c1-34(56(38-17-9-7-10-18-38)40-24-25-44-43-21-13-14-22-45(43)54(5,6)46(44)33-40)31-49-36(3)41-26-29-48-53-42(27-28-47(58-49)52(41)53)37(4)50(59-48)32-35(2)57(39-19-11-8-12-20-39)51-23-15-16-30-55-51/h7,9-11,13-33H,1-4,8,12H2,5-6H3/b49-31+,50-32+. The first kappa shape index (κ1) is 36.0. The number of benzene rings is 5. The number of anilines is 3. The Bertz CT molecular complexity index is 2930. The van der Waals surface area contributed by atoms with Crippen molar-refractivity contribution < 1.29 is 9.47 Å².